The second-order valence-electron chi connectivity index (χ2n) is 7.27. The molecule has 0 fully saturated rings. The van der Waals surface area contributed by atoms with E-state index in [2.05, 4.69) is 5.32 Å². The molecule has 1 aliphatic heterocycles. The minimum atomic E-state index is -0.987. The number of carbonyl (C=O) groups is 2. The van der Waals surface area contributed by atoms with Gasteiger partial charge in [-0.05, 0) is 48.9 Å². The van der Waals surface area contributed by atoms with Crippen LogP contribution < -0.4 is 15.7 Å². The summed E-state index contributed by atoms with van der Waals surface area (Å²) in [6.07, 6.45) is 0. The predicted octanol–water partition coefficient (Wildman–Crippen LogP) is 4.33. The summed E-state index contributed by atoms with van der Waals surface area (Å²) in [4.78, 5) is 26.8. The fourth-order valence-corrected chi connectivity index (χ4v) is 3.95. The Kier molecular flexibility index (Phi) is 5.20. The molecule has 0 radical (unpaired) electrons. The van der Waals surface area contributed by atoms with Crippen molar-refractivity contribution in [3.05, 3.63) is 94.5 Å². The second kappa shape index (κ2) is 7.82. The number of hydroxylamine groups is 1. The second-order valence-corrected chi connectivity index (χ2v) is 7.68. The molecule has 3 aromatic carbocycles. The number of para-hydroxylation sites is 1. The molecule has 3 aromatic rings. The Morgan fingerprint density at radius 3 is 2.40 bits per heavy atom. The van der Waals surface area contributed by atoms with E-state index in [0.717, 1.165) is 16.8 Å². The van der Waals surface area contributed by atoms with Crippen molar-refractivity contribution in [2.24, 2.45) is 0 Å². The Hall–Kier alpha value is -3.35. The van der Waals surface area contributed by atoms with Gasteiger partial charge in [0.05, 0.1) is 12.2 Å². The molecule has 0 saturated heterocycles. The minimum absolute atomic E-state index is 0.0965. The maximum Gasteiger partial charge on any atom is 0.274 e. The zero-order valence-electron chi connectivity index (χ0n) is 16.2. The summed E-state index contributed by atoms with van der Waals surface area (Å²) in [5.41, 5.74) is 4.16. The van der Waals surface area contributed by atoms with Crippen molar-refractivity contribution < 1.29 is 14.8 Å². The molecule has 0 saturated carbocycles. The molecule has 1 unspecified atom stereocenters. The van der Waals surface area contributed by atoms with Crippen LogP contribution in [0.5, 0.6) is 0 Å². The van der Waals surface area contributed by atoms with E-state index in [4.69, 9.17) is 16.8 Å². The first-order valence-electron chi connectivity index (χ1n) is 9.41. The largest absolute Gasteiger partial charge is 0.368 e. The maximum absolute atomic E-state index is 13.5. The fourth-order valence-electron chi connectivity index (χ4n) is 3.76. The lowest BCUT2D eigenvalue weighted by Gasteiger charge is -2.27. The van der Waals surface area contributed by atoms with E-state index in [9.17, 15) is 9.59 Å². The number of hydrogen-bond acceptors (Lipinski definition) is 4. The van der Waals surface area contributed by atoms with E-state index >= 15 is 0 Å². The van der Waals surface area contributed by atoms with Crippen LogP contribution in [0.1, 0.15) is 28.4 Å². The molecular weight excluding hydrogens is 402 g/mol. The summed E-state index contributed by atoms with van der Waals surface area (Å²) in [6, 6.07) is 21.7. The lowest BCUT2D eigenvalue weighted by Crippen LogP contribution is -2.43. The molecule has 30 heavy (non-hydrogen) atoms. The predicted molar refractivity (Wildman–Crippen MR) is 116 cm³/mol. The standard InChI is InChI=1S/C23H20ClN3O3/c1-23(25-17-12-10-15(11-13-17)21(28)26-30)18-7-3-5-9-20(18)27(22(23)29)14-16-6-2-4-8-19(16)24/h2-13,25,30H,14H2,1H3,(H,26,28). The lowest BCUT2D eigenvalue weighted by molar-refractivity contribution is -0.121. The van der Waals surface area contributed by atoms with Crippen molar-refractivity contribution in [3.8, 4) is 0 Å². The van der Waals surface area contributed by atoms with Gasteiger partial charge in [0.25, 0.3) is 11.8 Å². The first-order chi connectivity index (χ1) is 14.4. The van der Waals surface area contributed by atoms with Gasteiger partial charge in [0.15, 0.2) is 0 Å². The molecule has 4 rings (SSSR count). The Morgan fingerprint density at radius 2 is 1.70 bits per heavy atom. The van der Waals surface area contributed by atoms with Crippen molar-refractivity contribution in [3.63, 3.8) is 0 Å². The van der Waals surface area contributed by atoms with Crippen LogP contribution in [0.3, 0.4) is 0 Å². The van der Waals surface area contributed by atoms with Crippen LogP contribution in [-0.4, -0.2) is 17.0 Å². The molecule has 1 heterocycles. The van der Waals surface area contributed by atoms with Gasteiger partial charge < -0.3 is 10.2 Å². The monoisotopic (exact) mass is 421 g/mol. The van der Waals surface area contributed by atoms with Gasteiger partial charge in [0, 0.05) is 21.8 Å². The average Bonchev–Trinajstić information content (AvgIpc) is 2.97. The van der Waals surface area contributed by atoms with Gasteiger partial charge in [0.2, 0.25) is 0 Å². The van der Waals surface area contributed by atoms with Crippen LogP contribution in [0.2, 0.25) is 5.02 Å². The first-order valence-corrected chi connectivity index (χ1v) is 9.79. The molecule has 1 atom stereocenters. The third-order valence-corrected chi connectivity index (χ3v) is 5.70. The number of halogens is 1. The van der Waals surface area contributed by atoms with E-state index < -0.39 is 11.4 Å². The van der Waals surface area contributed by atoms with Gasteiger partial charge in [-0.15, -0.1) is 0 Å². The van der Waals surface area contributed by atoms with Crippen LogP contribution in [-0.2, 0) is 16.9 Å². The lowest BCUT2D eigenvalue weighted by atomic mass is 9.93. The smallest absolute Gasteiger partial charge is 0.274 e. The van der Waals surface area contributed by atoms with Gasteiger partial charge in [0.1, 0.15) is 5.54 Å². The Bertz CT molecular complexity index is 1120. The molecule has 2 amide bonds. The molecule has 0 spiro atoms. The summed E-state index contributed by atoms with van der Waals surface area (Å²) in [5, 5.41) is 12.7. The Morgan fingerprint density at radius 1 is 1.03 bits per heavy atom. The summed E-state index contributed by atoms with van der Waals surface area (Å²) < 4.78 is 0. The van der Waals surface area contributed by atoms with Gasteiger partial charge in [-0.25, -0.2) is 5.48 Å². The molecule has 152 valence electrons. The summed E-state index contributed by atoms with van der Waals surface area (Å²) >= 11 is 6.33. The van der Waals surface area contributed by atoms with Crippen LogP contribution in [0, 0.1) is 0 Å². The SMILES string of the molecule is CC1(Nc2ccc(C(=O)NO)cc2)C(=O)N(Cc2ccccc2Cl)c2ccccc21. The number of hydrogen-bond donors (Lipinski definition) is 3. The number of fused-ring (bicyclic) bond motifs is 1. The molecule has 0 bridgehead atoms. The molecule has 3 N–H and O–H groups in total. The molecule has 1 aliphatic rings. The van der Waals surface area contributed by atoms with Crippen LogP contribution in [0.15, 0.2) is 72.8 Å². The minimum Gasteiger partial charge on any atom is -0.368 e. The highest BCUT2D eigenvalue weighted by Gasteiger charge is 2.47. The third kappa shape index (κ3) is 3.40. The van der Waals surface area contributed by atoms with Crippen LogP contribution in [0.4, 0.5) is 11.4 Å². The zero-order valence-corrected chi connectivity index (χ0v) is 17.0. The van der Waals surface area contributed by atoms with E-state index in [0.29, 0.717) is 22.8 Å². The van der Waals surface area contributed by atoms with Crippen molar-refractivity contribution in [1.82, 2.24) is 5.48 Å². The number of benzene rings is 3. The molecule has 0 aliphatic carbocycles. The number of nitrogens with zero attached hydrogens (tertiary/aromatic N) is 1. The summed E-state index contributed by atoms with van der Waals surface area (Å²) in [5.74, 6) is -0.693. The fraction of sp³-hybridized carbons (Fsp3) is 0.130. The zero-order chi connectivity index (χ0) is 21.3. The van der Waals surface area contributed by atoms with E-state index in [1.807, 2.05) is 55.5 Å². The quantitative estimate of drug-likeness (QED) is 0.423. The number of anilines is 2. The number of nitrogens with one attached hydrogen (secondary N) is 2. The van der Waals surface area contributed by atoms with Crippen molar-refractivity contribution in [1.29, 1.82) is 0 Å². The van der Waals surface area contributed by atoms with Crippen LogP contribution >= 0.6 is 11.6 Å². The molecule has 0 aromatic heterocycles. The van der Waals surface area contributed by atoms with E-state index in [-0.39, 0.29) is 5.91 Å². The third-order valence-electron chi connectivity index (χ3n) is 5.34. The molecular formula is C23H20ClN3O3. The topological polar surface area (TPSA) is 81.7 Å². The highest BCUT2D eigenvalue weighted by Crippen LogP contribution is 2.43. The van der Waals surface area contributed by atoms with Gasteiger partial charge in [-0.1, -0.05) is 48.0 Å². The number of rotatable bonds is 5. The average molecular weight is 422 g/mol. The Balaban J connectivity index is 1.67. The van der Waals surface area contributed by atoms with Gasteiger partial charge in [-0.2, -0.15) is 0 Å². The maximum atomic E-state index is 13.5. The van der Waals surface area contributed by atoms with E-state index in [1.165, 1.54) is 0 Å². The molecule has 6 nitrogen and oxygen atoms in total. The molecule has 7 heteroatoms. The van der Waals surface area contributed by atoms with Crippen molar-refractivity contribution in [2.75, 3.05) is 10.2 Å². The van der Waals surface area contributed by atoms with Gasteiger partial charge in [-0.3, -0.25) is 14.8 Å². The van der Waals surface area contributed by atoms with Gasteiger partial charge >= 0.3 is 0 Å². The normalized spacial score (nSPS) is 17.6. The highest BCUT2D eigenvalue weighted by molar-refractivity contribution is 6.31. The summed E-state index contributed by atoms with van der Waals surface area (Å²) in [7, 11) is 0. The first kappa shape index (κ1) is 19.9. The highest BCUT2D eigenvalue weighted by atomic mass is 35.5. The van der Waals surface area contributed by atoms with Crippen LogP contribution in [0.25, 0.3) is 0 Å². The number of amides is 2. The Labute approximate surface area is 179 Å². The number of carbonyl (C=O) groups excluding carboxylic acids is 2. The van der Waals surface area contributed by atoms with Crippen molar-refractivity contribution >= 4 is 34.8 Å². The summed E-state index contributed by atoms with van der Waals surface area (Å²) in [6.45, 7) is 2.21. The van der Waals surface area contributed by atoms with Crippen molar-refractivity contribution in [2.45, 2.75) is 19.0 Å². The van der Waals surface area contributed by atoms with E-state index in [1.54, 1.807) is 34.6 Å².